The Balaban J connectivity index is 1.59. The van der Waals surface area contributed by atoms with Crippen molar-refractivity contribution in [2.75, 3.05) is 5.32 Å². The fraction of sp³-hybridized carbons (Fsp3) is 0.150. The lowest BCUT2D eigenvalue weighted by molar-refractivity contribution is 0.0252. The molecule has 26 heavy (non-hydrogen) atoms. The van der Waals surface area contributed by atoms with Crippen LogP contribution in [0, 0.1) is 0 Å². The number of nitrogens with one attached hydrogen (secondary N) is 1. The first-order valence-corrected chi connectivity index (χ1v) is 8.30. The number of carbonyl (C=O) groups is 2. The van der Waals surface area contributed by atoms with Gasteiger partial charge < -0.3 is 10.1 Å². The summed E-state index contributed by atoms with van der Waals surface area (Å²) in [7, 11) is 1.78. The maximum Gasteiger partial charge on any atom is 0.339 e. The van der Waals surface area contributed by atoms with Crippen molar-refractivity contribution in [1.82, 2.24) is 9.78 Å². The van der Waals surface area contributed by atoms with E-state index in [1.165, 1.54) is 0 Å². The SMILES string of the molecule is Cn1ccc(NC(=O)c2ccc3c(c2)C[C@@H](c2ccccc2)OC3=O)n1. The van der Waals surface area contributed by atoms with Crippen molar-refractivity contribution in [2.45, 2.75) is 12.5 Å². The molecule has 2 heterocycles. The molecule has 3 aromatic rings. The summed E-state index contributed by atoms with van der Waals surface area (Å²) < 4.78 is 7.16. The van der Waals surface area contributed by atoms with E-state index >= 15 is 0 Å². The van der Waals surface area contributed by atoms with Gasteiger partial charge in [-0.3, -0.25) is 9.48 Å². The minimum absolute atomic E-state index is 0.262. The summed E-state index contributed by atoms with van der Waals surface area (Å²) in [6.45, 7) is 0. The van der Waals surface area contributed by atoms with Crippen molar-refractivity contribution < 1.29 is 14.3 Å². The molecule has 1 aromatic heterocycles. The maximum absolute atomic E-state index is 12.5. The molecule has 0 fully saturated rings. The molecule has 0 unspecified atom stereocenters. The van der Waals surface area contributed by atoms with Gasteiger partial charge in [0.1, 0.15) is 6.10 Å². The van der Waals surface area contributed by atoms with Crippen LogP contribution in [0.25, 0.3) is 0 Å². The molecule has 0 saturated carbocycles. The van der Waals surface area contributed by atoms with Gasteiger partial charge >= 0.3 is 5.97 Å². The van der Waals surface area contributed by atoms with Gasteiger partial charge in [-0.2, -0.15) is 5.10 Å². The van der Waals surface area contributed by atoms with Gasteiger partial charge in [0, 0.05) is 31.3 Å². The van der Waals surface area contributed by atoms with E-state index in [9.17, 15) is 9.59 Å². The second-order valence-corrected chi connectivity index (χ2v) is 6.21. The van der Waals surface area contributed by atoms with Gasteiger partial charge in [0.05, 0.1) is 5.56 Å². The Morgan fingerprint density at radius 2 is 2.00 bits per heavy atom. The average molecular weight is 347 g/mol. The van der Waals surface area contributed by atoms with Gasteiger partial charge in [0.15, 0.2) is 5.82 Å². The number of cyclic esters (lactones) is 1. The van der Waals surface area contributed by atoms with E-state index in [-0.39, 0.29) is 18.0 Å². The van der Waals surface area contributed by atoms with Crippen LogP contribution in [0.1, 0.15) is 37.9 Å². The number of ether oxygens (including phenoxy) is 1. The molecule has 130 valence electrons. The van der Waals surface area contributed by atoms with Gasteiger partial charge in [-0.25, -0.2) is 4.79 Å². The van der Waals surface area contributed by atoms with Crippen LogP contribution in [0.4, 0.5) is 5.82 Å². The second-order valence-electron chi connectivity index (χ2n) is 6.21. The molecule has 6 nitrogen and oxygen atoms in total. The van der Waals surface area contributed by atoms with Crippen molar-refractivity contribution in [3.8, 4) is 0 Å². The summed E-state index contributed by atoms with van der Waals surface area (Å²) in [4.78, 5) is 24.8. The van der Waals surface area contributed by atoms with Crippen LogP contribution in [0.5, 0.6) is 0 Å². The number of hydrogen-bond donors (Lipinski definition) is 1. The van der Waals surface area contributed by atoms with Crippen LogP contribution < -0.4 is 5.32 Å². The molecule has 1 aliphatic heterocycles. The van der Waals surface area contributed by atoms with Crippen LogP contribution in [-0.2, 0) is 18.2 Å². The summed E-state index contributed by atoms with van der Waals surface area (Å²) >= 11 is 0. The van der Waals surface area contributed by atoms with Gasteiger partial charge in [-0.15, -0.1) is 0 Å². The van der Waals surface area contributed by atoms with Gasteiger partial charge in [0.25, 0.3) is 5.91 Å². The van der Waals surface area contributed by atoms with Crippen molar-refractivity contribution in [2.24, 2.45) is 7.05 Å². The number of aryl methyl sites for hydroxylation is 1. The molecule has 4 rings (SSSR count). The quantitative estimate of drug-likeness (QED) is 0.739. The highest BCUT2D eigenvalue weighted by atomic mass is 16.5. The van der Waals surface area contributed by atoms with Gasteiger partial charge in [-0.1, -0.05) is 30.3 Å². The number of carbonyl (C=O) groups excluding carboxylic acids is 2. The van der Waals surface area contributed by atoms with E-state index in [0.717, 1.165) is 11.1 Å². The lowest BCUT2D eigenvalue weighted by Gasteiger charge is -2.25. The third-order valence-corrected chi connectivity index (χ3v) is 4.37. The van der Waals surface area contributed by atoms with E-state index in [2.05, 4.69) is 10.4 Å². The summed E-state index contributed by atoms with van der Waals surface area (Å²) in [5.74, 6) is -0.143. The zero-order valence-corrected chi connectivity index (χ0v) is 14.2. The number of hydrogen-bond acceptors (Lipinski definition) is 4. The van der Waals surface area contributed by atoms with E-state index < -0.39 is 0 Å². The van der Waals surface area contributed by atoms with Crippen molar-refractivity contribution in [1.29, 1.82) is 0 Å². The predicted octanol–water partition coefficient (Wildman–Crippen LogP) is 3.13. The van der Waals surface area contributed by atoms with Crippen LogP contribution in [0.2, 0.25) is 0 Å². The fourth-order valence-electron chi connectivity index (χ4n) is 3.06. The van der Waals surface area contributed by atoms with Crippen molar-refractivity contribution in [3.63, 3.8) is 0 Å². The molecule has 6 heteroatoms. The van der Waals surface area contributed by atoms with Gasteiger partial charge in [-0.05, 0) is 29.3 Å². The Labute approximate surface area is 150 Å². The Morgan fingerprint density at radius 1 is 1.19 bits per heavy atom. The van der Waals surface area contributed by atoms with Crippen LogP contribution in [0.3, 0.4) is 0 Å². The first-order valence-electron chi connectivity index (χ1n) is 8.30. The van der Waals surface area contributed by atoms with E-state index in [0.29, 0.717) is 23.4 Å². The number of benzene rings is 2. The molecule has 0 radical (unpaired) electrons. The number of nitrogens with zero attached hydrogens (tertiary/aromatic N) is 2. The largest absolute Gasteiger partial charge is 0.454 e. The normalized spacial score (nSPS) is 15.9. The molecule has 1 N–H and O–H groups in total. The molecular weight excluding hydrogens is 330 g/mol. The topological polar surface area (TPSA) is 73.2 Å². The molecule has 0 aliphatic carbocycles. The van der Waals surface area contributed by atoms with E-state index in [1.54, 1.807) is 42.2 Å². The van der Waals surface area contributed by atoms with Crippen LogP contribution in [-0.4, -0.2) is 21.7 Å². The standard InChI is InChI=1S/C20H17N3O3/c1-23-10-9-18(22-23)21-19(24)14-7-8-16-15(11-14)12-17(26-20(16)25)13-5-3-2-4-6-13/h2-11,17H,12H2,1H3,(H,21,22,24)/t17-/m0/s1. The van der Waals surface area contributed by atoms with Crippen LogP contribution >= 0.6 is 0 Å². The summed E-state index contributed by atoms with van der Waals surface area (Å²) in [6.07, 6.45) is 1.95. The van der Waals surface area contributed by atoms with Crippen molar-refractivity contribution in [3.05, 3.63) is 83.0 Å². The fourth-order valence-corrected chi connectivity index (χ4v) is 3.06. The van der Waals surface area contributed by atoms with Crippen molar-refractivity contribution >= 4 is 17.7 Å². The highest BCUT2D eigenvalue weighted by Gasteiger charge is 2.28. The Hall–Kier alpha value is -3.41. The third-order valence-electron chi connectivity index (χ3n) is 4.37. The number of rotatable bonds is 3. The smallest absolute Gasteiger partial charge is 0.339 e. The van der Waals surface area contributed by atoms with Crippen LogP contribution in [0.15, 0.2) is 60.8 Å². The summed E-state index contributed by atoms with van der Waals surface area (Å²) in [6, 6.07) is 16.4. The number of esters is 1. The molecular formula is C20H17N3O3. The number of amides is 1. The highest BCUT2D eigenvalue weighted by molar-refractivity contribution is 6.04. The zero-order valence-electron chi connectivity index (χ0n) is 14.2. The second kappa shape index (κ2) is 6.48. The van der Waals surface area contributed by atoms with Gasteiger partial charge in [0.2, 0.25) is 0 Å². The number of aromatic nitrogens is 2. The Morgan fingerprint density at radius 3 is 2.73 bits per heavy atom. The lowest BCUT2D eigenvalue weighted by Crippen LogP contribution is -2.23. The average Bonchev–Trinajstić information content (AvgIpc) is 3.06. The first-order chi connectivity index (χ1) is 12.6. The highest BCUT2D eigenvalue weighted by Crippen LogP contribution is 2.31. The molecule has 1 amide bonds. The Kier molecular flexibility index (Phi) is 4.01. The third kappa shape index (κ3) is 3.09. The van der Waals surface area contributed by atoms with E-state index in [1.807, 2.05) is 30.3 Å². The molecule has 2 aromatic carbocycles. The number of anilines is 1. The van der Waals surface area contributed by atoms with E-state index in [4.69, 9.17) is 4.74 Å². The summed E-state index contributed by atoms with van der Waals surface area (Å²) in [5.41, 5.74) is 2.74. The molecule has 0 saturated heterocycles. The minimum Gasteiger partial charge on any atom is -0.454 e. The number of fused-ring (bicyclic) bond motifs is 1. The maximum atomic E-state index is 12.5. The Bertz CT molecular complexity index is 979. The molecule has 1 atom stereocenters. The summed E-state index contributed by atoms with van der Waals surface area (Å²) in [5, 5.41) is 6.89. The minimum atomic E-state index is -0.364. The first kappa shape index (κ1) is 16.1. The molecule has 1 aliphatic rings. The lowest BCUT2D eigenvalue weighted by atomic mass is 9.93. The molecule has 0 bridgehead atoms. The monoisotopic (exact) mass is 347 g/mol. The molecule has 0 spiro atoms. The predicted molar refractivity (Wildman–Crippen MR) is 95.9 cm³/mol. The zero-order chi connectivity index (χ0) is 18.1.